The summed E-state index contributed by atoms with van der Waals surface area (Å²) < 4.78 is 90.4. The Balaban J connectivity index is 1.12. The van der Waals surface area contributed by atoms with E-state index in [1.165, 1.54) is 12.2 Å². The van der Waals surface area contributed by atoms with Crippen LogP contribution in [-0.4, -0.2) is 207 Å². The van der Waals surface area contributed by atoms with Crippen LogP contribution in [0.2, 0.25) is 0 Å². The third kappa shape index (κ3) is 27.0. The number of hydrogen-bond donors (Lipinski definition) is 4. The maximum atomic E-state index is 14.3. The molecule has 0 aromatic carbocycles. The van der Waals surface area contributed by atoms with Crippen molar-refractivity contribution in [2.24, 2.45) is 47.3 Å². The molecule has 7 aliphatic rings. The van der Waals surface area contributed by atoms with Crippen molar-refractivity contribution in [3.63, 3.8) is 0 Å². The van der Waals surface area contributed by atoms with Crippen molar-refractivity contribution in [2.45, 2.75) is 372 Å². The van der Waals surface area contributed by atoms with Gasteiger partial charge in [0.2, 0.25) is 0 Å². The first-order valence-corrected chi connectivity index (χ1v) is 39.8. The van der Waals surface area contributed by atoms with E-state index in [4.69, 9.17) is 66.3 Å². The van der Waals surface area contributed by atoms with E-state index in [0.717, 1.165) is 49.7 Å². The lowest BCUT2D eigenvalue weighted by molar-refractivity contribution is -0.324. The van der Waals surface area contributed by atoms with Crippen molar-refractivity contribution < 1.29 is 96.3 Å². The molecule has 4 saturated heterocycles. The van der Waals surface area contributed by atoms with Gasteiger partial charge in [-0.3, -0.25) is 0 Å². The zero-order valence-corrected chi connectivity index (χ0v) is 67.1. The van der Waals surface area contributed by atoms with Crippen LogP contribution in [0.1, 0.15) is 226 Å². The molecule has 0 unspecified atom stereocenters. The molecule has 8 bridgehead atoms. The van der Waals surface area contributed by atoms with Gasteiger partial charge < -0.3 is 86.7 Å². The molecular weight excluding hydrogens is 1330 g/mol. The smallest absolute Gasteiger partial charge is 0.331 e. The van der Waals surface area contributed by atoms with Crippen molar-refractivity contribution in [1.82, 2.24) is 0 Å². The number of carbonyl (C=O) groups excluding carboxylic acids is 2. The van der Waals surface area contributed by atoms with Gasteiger partial charge in [-0.15, -0.1) is 0 Å². The third-order valence-corrected chi connectivity index (χ3v) is 23.9. The van der Waals surface area contributed by atoms with Crippen molar-refractivity contribution in [3.8, 4) is 0 Å². The number of carbonyl (C=O) groups is 2. The number of methoxy groups -OCH3 is 4. The molecule has 0 saturated carbocycles. The van der Waals surface area contributed by atoms with E-state index >= 15 is 0 Å². The second kappa shape index (κ2) is 41.7. The predicted molar refractivity (Wildman–Crippen MR) is 401 cm³/mol. The number of esters is 2. The molecule has 20 heteroatoms. The Bertz CT molecular complexity index is 2580. The summed E-state index contributed by atoms with van der Waals surface area (Å²) in [4.78, 5) is 28.5. The SMILES string of the molecule is CO[C@H]1C[C@H](CC[C@H](C)[C@H](O)[C@H](C)[C@H]2OC(=O)/C=C/C(C)=C/C[C@H](O)C[C@@H]3C=CC[C@@H](C[C@H](OC)[C@@H](C)[C@@H]4C[C@@H](OC(C)(C)O4)[C@H](C)[C@@H]([C@@H](C)[C@@H](O)[C@@H](C)CC[C@H]4C[C@H](OC)C[C@H](C)O4)OC(=O)/C=C/C(C)=C/C[C@H](O)C[C@H]4C=CC[C@@H](C[C@H](OC)[C@@H](C)[C@@H]5C[C@@H](OC(C)(C)O5)[C@@H]2C)O4)O3)O[C@@H](C)C1. The lowest BCUT2D eigenvalue weighted by Crippen LogP contribution is -2.54. The minimum atomic E-state index is -1.02. The molecule has 0 amide bonds. The van der Waals surface area contributed by atoms with Crippen molar-refractivity contribution in [2.75, 3.05) is 28.4 Å². The zero-order valence-electron chi connectivity index (χ0n) is 67.1. The maximum Gasteiger partial charge on any atom is 0.331 e. The highest BCUT2D eigenvalue weighted by Gasteiger charge is 2.49. The second-order valence-corrected chi connectivity index (χ2v) is 33.5. The summed E-state index contributed by atoms with van der Waals surface area (Å²) in [5.41, 5.74) is 1.54. The highest BCUT2D eigenvalue weighted by molar-refractivity contribution is 5.83. The molecule has 0 aliphatic carbocycles. The van der Waals surface area contributed by atoms with Crippen LogP contribution in [0, 0.1) is 47.3 Å². The van der Waals surface area contributed by atoms with Crippen LogP contribution in [0.15, 0.2) is 71.9 Å². The fourth-order valence-electron chi connectivity index (χ4n) is 17.4. The van der Waals surface area contributed by atoms with Crippen molar-refractivity contribution in [3.05, 3.63) is 71.9 Å². The number of fused-ring (bicyclic) bond motifs is 8. The Morgan fingerprint density at radius 1 is 0.462 bits per heavy atom. The van der Waals surface area contributed by atoms with Gasteiger partial charge in [0.1, 0.15) is 12.2 Å². The fourth-order valence-corrected chi connectivity index (χ4v) is 17.4. The average Bonchev–Trinajstić information content (AvgIpc) is 0.794. The average molecular weight is 1470 g/mol. The summed E-state index contributed by atoms with van der Waals surface area (Å²) in [6.07, 6.45) is 21.8. The monoisotopic (exact) mass is 1470 g/mol. The van der Waals surface area contributed by atoms with Crippen LogP contribution in [0.3, 0.4) is 0 Å². The second-order valence-electron chi connectivity index (χ2n) is 33.5. The number of hydrogen-bond acceptors (Lipinski definition) is 20. The largest absolute Gasteiger partial charge is 0.458 e. The first kappa shape index (κ1) is 88.0. The Morgan fingerprint density at radius 3 is 1.16 bits per heavy atom. The summed E-state index contributed by atoms with van der Waals surface area (Å²) in [5, 5.41) is 47.7. The molecule has 20 nitrogen and oxygen atoms in total. The van der Waals surface area contributed by atoms with E-state index in [0.29, 0.717) is 77.0 Å². The van der Waals surface area contributed by atoms with Crippen LogP contribution in [0.25, 0.3) is 0 Å². The highest BCUT2D eigenvalue weighted by Crippen LogP contribution is 2.43. The Hall–Kier alpha value is -3.26. The van der Waals surface area contributed by atoms with Gasteiger partial charge >= 0.3 is 11.9 Å². The normalized spacial score (nSPS) is 41.5. The molecule has 596 valence electrons. The van der Waals surface area contributed by atoms with Gasteiger partial charge in [0.05, 0.1) is 122 Å². The molecule has 7 heterocycles. The van der Waals surface area contributed by atoms with E-state index < -0.39 is 96.0 Å². The summed E-state index contributed by atoms with van der Waals surface area (Å²) in [7, 11) is 6.92. The van der Waals surface area contributed by atoms with Gasteiger partial charge in [0, 0.05) is 115 Å². The number of aliphatic hydroxyl groups excluding tert-OH is 4. The Kier molecular flexibility index (Phi) is 35.3. The summed E-state index contributed by atoms with van der Waals surface area (Å²) in [6, 6.07) is 0. The van der Waals surface area contributed by atoms with E-state index in [1.54, 1.807) is 40.6 Å². The van der Waals surface area contributed by atoms with Gasteiger partial charge in [0.25, 0.3) is 0 Å². The molecule has 7 rings (SSSR count). The lowest BCUT2D eigenvalue weighted by Gasteiger charge is -2.47. The molecule has 4 fully saturated rings. The molecule has 0 spiro atoms. The minimum Gasteiger partial charge on any atom is -0.458 e. The first-order chi connectivity index (χ1) is 49.2. The zero-order chi connectivity index (χ0) is 76.3. The molecular formula is C84H140O20. The molecule has 7 aliphatic heterocycles. The van der Waals surface area contributed by atoms with Gasteiger partial charge in [-0.2, -0.15) is 0 Å². The summed E-state index contributed by atoms with van der Waals surface area (Å²) in [6.45, 7) is 31.9. The minimum absolute atomic E-state index is 0.0107. The van der Waals surface area contributed by atoms with E-state index in [1.807, 2.05) is 107 Å². The van der Waals surface area contributed by atoms with Crippen LogP contribution < -0.4 is 0 Å². The number of allylic oxidation sites excluding steroid dienone is 4. The number of rotatable bonds is 16. The first-order valence-electron chi connectivity index (χ1n) is 39.8. The molecule has 104 heavy (non-hydrogen) atoms. The van der Waals surface area contributed by atoms with E-state index in [9.17, 15) is 30.0 Å². The third-order valence-electron chi connectivity index (χ3n) is 23.9. The van der Waals surface area contributed by atoms with Gasteiger partial charge in [-0.05, 0) is 144 Å². The molecule has 0 aromatic heterocycles. The van der Waals surface area contributed by atoms with Crippen LogP contribution in [0.5, 0.6) is 0 Å². The van der Waals surface area contributed by atoms with Crippen molar-refractivity contribution >= 4 is 11.9 Å². The van der Waals surface area contributed by atoms with Gasteiger partial charge in [-0.25, -0.2) is 9.59 Å². The van der Waals surface area contributed by atoms with Crippen LogP contribution >= 0.6 is 0 Å². The van der Waals surface area contributed by atoms with E-state index in [-0.39, 0.29) is 109 Å². The number of ether oxygens (including phenoxy) is 14. The van der Waals surface area contributed by atoms with Gasteiger partial charge in [-0.1, -0.05) is 115 Å². The molecule has 0 aromatic rings. The lowest BCUT2D eigenvalue weighted by atomic mass is 9.78. The molecule has 30 atom stereocenters. The highest BCUT2D eigenvalue weighted by atomic mass is 16.7. The summed E-state index contributed by atoms with van der Waals surface area (Å²) in [5.74, 6) is -5.52. The standard InChI is InChI=1S/C84H140O20/c1-49-27-33-61(85)41-63-23-21-25-65(97-63)45-71(93-19)55(7)74-48-76(104-84(15,16)102-74)58(10)82(60(12)80(90)52(4)32-36-68-44-70(92-18)40-54(6)96-68)100-78(88)38-30-50(2)28-34-62(86)42-64-24-22-26-66(98-64)46-72(94-20)56(8)73-47-75(103-83(13,14)101-73)57(9)81(99-77(87)37-29-49)59(11)79(89)51(3)31-35-67-43-69(91-17)39-53(5)95-67/h21-24,27-30,37-38,51-76,79-82,85-86,89-90H,25-26,31-36,39-48H2,1-20H3/b37-29+,38-30+,49-27+,50-28+/t51-,52-,53-,54-,55+,56+,57-,58-,59-,60-,61-,62-,63-,64+,65-,66-,67-,68-,69+,70+,71-,72-,73-,74-,75+,76+,79-,80-,81-,82-/m0/s1. The van der Waals surface area contributed by atoms with Crippen molar-refractivity contribution in [1.29, 1.82) is 0 Å². The topological polar surface area (TPSA) is 244 Å². The number of cyclic esters (lactones) is 2. The van der Waals surface area contributed by atoms with Gasteiger partial charge in [0.15, 0.2) is 11.6 Å². The van der Waals surface area contributed by atoms with E-state index in [2.05, 4.69) is 39.8 Å². The maximum absolute atomic E-state index is 14.3. The summed E-state index contributed by atoms with van der Waals surface area (Å²) >= 11 is 0. The Labute approximate surface area is 625 Å². The fraction of sp³-hybridized carbons (Fsp3) is 0.833. The Morgan fingerprint density at radius 2 is 0.817 bits per heavy atom. The molecule has 0 radical (unpaired) electrons. The molecule has 4 N–H and O–H groups in total. The van der Waals surface area contributed by atoms with Crippen LogP contribution in [-0.2, 0) is 75.9 Å². The quantitative estimate of drug-likeness (QED) is 0.0829. The van der Waals surface area contributed by atoms with Crippen LogP contribution in [0.4, 0.5) is 0 Å². The predicted octanol–water partition coefficient (Wildman–Crippen LogP) is 13.7. The number of aliphatic hydroxyl groups is 4.